The smallest absolute Gasteiger partial charge is 0.271 e. The third kappa shape index (κ3) is 3.54. The molecule has 1 aromatic rings. The van der Waals surface area contributed by atoms with Crippen LogP contribution in [-0.2, 0) is 11.8 Å². The molecule has 4 heterocycles. The molecule has 0 saturated carbocycles. The Hall–Kier alpha value is -1.40. The summed E-state index contributed by atoms with van der Waals surface area (Å²) in [6, 6.07) is 1.85. The summed E-state index contributed by atoms with van der Waals surface area (Å²) in [7, 11) is 1.87. The van der Waals surface area contributed by atoms with Crippen molar-refractivity contribution in [2.75, 3.05) is 26.2 Å². The van der Waals surface area contributed by atoms with E-state index in [1.807, 2.05) is 20.0 Å². The second kappa shape index (κ2) is 6.59. The summed E-state index contributed by atoms with van der Waals surface area (Å²) in [6.45, 7) is 12.9. The van der Waals surface area contributed by atoms with Crippen molar-refractivity contribution in [3.8, 4) is 0 Å². The van der Waals surface area contributed by atoms with Gasteiger partial charge < -0.3 is 15.0 Å². The summed E-state index contributed by atoms with van der Waals surface area (Å²) in [6.07, 6.45) is 3.83. The normalized spacial score (nSPS) is 32.9. The predicted octanol–water partition coefficient (Wildman–Crippen LogP) is 2.37. The van der Waals surface area contributed by atoms with Gasteiger partial charge in [-0.2, -0.15) is 5.10 Å². The lowest BCUT2D eigenvalue weighted by Gasteiger charge is -2.29. The van der Waals surface area contributed by atoms with Gasteiger partial charge in [-0.1, -0.05) is 20.8 Å². The molecule has 6 heteroatoms. The molecule has 1 spiro atoms. The highest BCUT2D eigenvalue weighted by molar-refractivity contribution is 5.92. The van der Waals surface area contributed by atoms with Crippen LogP contribution in [0.2, 0.25) is 0 Å². The molecule has 4 atom stereocenters. The van der Waals surface area contributed by atoms with Gasteiger partial charge in [-0.15, -0.1) is 0 Å². The number of rotatable bonds is 5. The number of hydrogen-bond acceptors (Lipinski definition) is 4. The molecule has 0 aliphatic carbocycles. The van der Waals surface area contributed by atoms with Crippen molar-refractivity contribution in [2.24, 2.45) is 24.3 Å². The fourth-order valence-electron chi connectivity index (χ4n) is 5.20. The van der Waals surface area contributed by atoms with Crippen LogP contribution in [0.1, 0.15) is 56.2 Å². The van der Waals surface area contributed by atoms with Gasteiger partial charge in [0.05, 0.1) is 11.7 Å². The lowest BCUT2D eigenvalue weighted by Crippen LogP contribution is -2.42. The van der Waals surface area contributed by atoms with Crippen LogP contribution in [0.25, 0.3) is 0 Å². The molecule has 3 saturated heterocycles. The van der Waals surface area contributed by atoms with E-state index in [1.54, 1.807) is 4.68 Å². The summed E-state index contributed by atoms with van der Waals surface area (Å²) >= 11 is 0. The highest BCUT2D eigenvalue weighted by atomic mass is 16.5. The van der Waals surface area contributed by atoms with E-state index in [-0.39, 0.29) is 11.5 Å². The Morgan fingerprint density at radius 2 is 2.22 bits per heavy atom. The van der Waals surface area contributed by atoms with Gasteiger partial charge in [0, 0.05) is 44.2 Å². The average molecular weight is 375 g/mol. The fourth-order valence-corrected chi connectivity index (χ4v) is 5.20. The maximum Gasteiger partial charge on any atom is 0.271 e. The number of likely N-dealkylation sites (tertiary alicyclic amines) is 1. The number of aryl methyl sites for hydroxylation is 2. The van der Waals surface area contributed by atoms with Gasteiger partial charge >= 0.3 is 0 Å². The first-order valence-corrected chi connectivity index (χ1v) is 10.4. The van der Waals surface area contributed by atoms with Crippen LogP contribution < -0.4 is 5.32 Å². The summed E-state index contributed by atoms with van der Waals surface area (Å²) in [4.78, 5) is 15.1. The number of nitrogens with one attached hydrogen (secondary N) is 1. The zero-order chi connectivity index (χ0) is 19.4. The zero-order valence-corrected chi connectivity index (χ0v) is 17.4. The Bertz CT molecular complexity index is 703. The molecule has 1 aromatic heterocycles. The minimum absolute atomic E-state index is 0.0412. The Labute approximate surface area is 162 Å². The van der Waals surface area contributed by atoms with E-state index in [2.05, 4.69) is 36.1 Å². The van der Waals surface area contributed by atoms with E-state index >= 15 is 0 Å². The number of carbonyl (C=O) groups is 1. The zero-order valence-electron chi connectivity index (χ0n) is 17.4. The molecule has 3 aliphatic heterocycles. The summed E-state index contributed by atoms with van der Waals surface area (Å²) in [5, 5.41) is 7.43. The van der Waals surface area contributed by atoms with Crippen molar-refractivity contribution in [1.82, 2.24) is 20.0 Å². The van der Waals surface area contributed by atoms with Crippen molar-refractivity contribution in [3.05, 3.63) is 17.5 Å². The standard InChI is InChI=1S/C21H34N4O2/c1-14-10-17(23-24(14)5)19(26)22-11-15-16-12-25(9-8-20(2,3)4)13-21(16)7-6-18(15)27-21/h10,15-16,18H,6-9,11-13H2,1-5H3,(H,22,26)/t15-,16+,18+,21+/m0/s1. The molecule has 1 amide bonds. The molecule has 0 radical (unpaired) electrons. The molecule has 2 bridgehead atoms. The van der Waals surface area contributed by atoms with Crippen molar-refractivity contribution in [2.45, 2.75) is 58.7 Å². The van der Waals surface area contributed by atoms with Gasteiger partial charge in [0.25, 0.3) is 5.91 Å². The van der Waals surface area contributed by atoms with Gasteiger partial charge in [-0.3, -0.25) is 9.48 Å². The van der Waals surface area contributed by atoms with E-state index in [1.165, 1.54) is 12.8 Å². The van der Waals surface area contributed by atoms with Crippen LogP contribution >= 0.6 is 0 Å². The number of carbonyl (C=O) groups excluding carboxylic acids is 1. The highest BCUT2D eigenvalue weighted by Gasteiger charge is 2.62. The molecule has 1 N–H and O–H groups in total. The Morgan fingerprint density at radius 3 is 2.89 bits per heavy atom. The van der Waals surface area contributed by atoms with Crippen LogP contribution in [0.3, 0.4) is 0 Å². The van der Waals surface area contributed by atoms with Crippen LogP contribution in [0, 0.1) is 24.2 Å². The third-order valence-electron chi connectivity index (χ3n) is 6.88. The summed E-state index contributed by atoms with van der Waals surface area (Å²) in [5.41, 5.74) is 1.90. The lowest BCUT2D eigenvalue weighted by molar-refractivity contribution is 0.00207. The van der Waals surface area contributed by atoms with Crippen molar-refractivity contribution >= 4 is 5.91 Å². The molecule has 3 fully saturated rings. The van der Waals surface area contributed by atoms with Crippen LogP contribution in [0.4, 0.5) is 0 Å². The minimum atomic E-state index is -0.0712. The first-order chi connectivity index (χ1) is 12.7. The molecule has 6 nitrogen and oxygen atoms in total. The molecule has 3 aliphatic rings. The number of nitrogens with zero attached hydrogens (tertiary/aromatic N) is 3. The lowest BCUT2D eigenvalue weighted by atomic mass is 9.73. The van der Waals surface area contributed by atoms with Crippen LogP contribution in [-0.4, -0.2) is 58.5 Å². The molecule has 0 aromatic carbocycles. The van der Waals surface area contributed by atoms with E-state index in [0.29, 0.717) is 35.6 Å². The topological polar surface area (TPSA) is 59.4 Å². The Balaban J connectivity index is 1.37. The second-order valence-electron chi connectivity index (χ2n) is 10.1. The highest BCUT2D eigenvalue weighted by Crippen LogP contribution is 2.54. The number of amides is 1. The van der Waals surface area contributed by atoms with Gasteiger partial charge in [-0.25, -0.2) is 0 Å². The van der Waals surface area contributed by atoms with Gasteiger partial charge in [0.2, 0.25) is 0 Å². The van der Waals surface area contributed by atoms with E-state index in [0.717, 1.165) is 31.7 Å². The average Bonchev–Trinajstić information content (AvgIpc) is 3.30. The number of hydrogen-bond donors (Lipinski definition) is 1. The van der Waals surface area contributed by atoms with Crippen molar-refractivity contribution < 1.29 is 9.53 Å². The van der Waals surface area contributed by atoms with Crippen LogP contribution in [0.5, 0.6) is 0 Å². The monoisotopic (exact) mass is 374 g/mol. The van der Waals surface area contributed by atoms with Gasteiger partial charge in [0.1, 0.15) is 5.69 Å². The molecular weight excluding hydrogens is 340 g/mol. The first-order valence-electron chi connectivity index (χ1n) is 10.4. The van der Waals surface area contributed by atoms with Crippen molar-refractivity contribution in [3.63, 3.8) is 0 Å². The number of fused-ring (bicyclic) bond motifs is 1. The number of ether oxygens (including phenoxy) is 1. The fraction of sp³-hybridized carbons (Fsp3) is 0.810. The van der Waals surface area contributed by atoms with Gasteiger partial charge in [0.15, 0.2) is 0 Å². The minimum Gasteiger partial charge on any atom is -0.370 e. The SMILES string of the molecule is Cc1cc(C(=O)NC[C@H]2[C@H]3CN(CCC(C)(C)C)C[C@]34CC[C@H]2O4)nn1C. The van der Waals surface area contributed by atoms with E-state index < -0.39 is 0 Å². The van der Waals surface area contributed by atoms with Crippen molar-refractivity contribution in [1.29, 1.82) is 0 Å². The maximum absolute atomic E-state index is 12.5. The Kier molecular flexibility index (Phi) is 4.62. The van der Waals surface area contributed by atoms with E-state index in [4.69, 9.17) is 4.74 Å². The van der Waals surface area contributed by atoms with E-state index in [9.17, 15) is 4.79 Å². The Morgan fingerprint density at radius 1 is 1.44 bits per heavy atom. The second-order valence-corrected chi connectivity index (χ2v) is 10.1. The predicted molar refractivity (Wildman–Crippen MR) is 105 cm³/mol. The summed E-state index contributed by atoms with van der Waals surface area (Å²) < 4.78 is 8.25. The van der Waals surface area contributed by atoms with Gasteiger partial charge in [-0.05, 0) is 44.2 Å². The molecule has 0 unspecified atom stereocenters. The maximum atomic E-state index is 12.5. The number of aromatic nitrogens is 2. The molecule has 4 rings (SSSR count). The molecule has 27 heavy (non-hydrogen) atoms. The molecular formula is C21H34N4O2. The van der Waals surface area contributed by atoms with Crippen LogP contribution in [0.15, 0.2) is 6.07 Å². The summed E-state index contributed by atoms with van der Waals surface area (Å²) in [5.74, 6) is 0.896. The first kappa shape index (κ1) is 18.9. The third-order valence-corrected chi connectivity index (χ3v) is 6.88. The molecule has 150 valence electrons. The quantitative estimate of drug-likeness (QED) is 0.860. The largest absolute Gasteiger partial charge is 0.370 e.